The molecule has 2 rings (SSSR count). The van der Waals surface area contributed by atoms with Gasteiger partial charge in [0.2, 0.25) is 5.91 Å². The van der Waals surface area contributed by atoms with Gasteiger partial charge in [-0.2, -0.15) is 0 Å². The maximum atomic E-state index is 11.9. The van der Waals surface area contributed by atoms with Crippen molar-refractivity contribution in [3.8, 4) is 0 Å². The number of hydrogen-bond acceptors (Lipinski definition) is 3. The Morgan fingerprint density at radius 1 is 1.31 bits per heavy atom. The Kier molecular flexibility index (Phi) is 2.30. The summed E-state index contributed by atoms with van der Waals surface area (Å²) in [6.45, 7) is 3.44. The van der Waals surface area contributed by atoms with Crippen molar-refractivity contribution in [2.45, 2.75) is 19.9 Å². The van der Waals surface area contributed by atoms with E-state index in [-0.39, 0.29) is 11.8 Å². The Bertz CT molecular complexity index is 482. The molecule has 0 saturated carbocycles. The minimum absolute atomic E-state index is 0.260. The molecular weight excluding hydrogens is 206 g/mol. The lowest BCUT2D eigenvalue weighted by Gasteiger charge is -2.10. The van der Waals surface area contributed by atoms with Gasteiger partial charge in [0, 0.05) is 0 Å². The highest BCUT2D eigenvalue weighted by Crippen LogP contribution is 2.28. The number of benzene rings is 1. The molecule has 1 atom stereocenters. The summed E-state index contributed by atoms with van der Waals surface area (Å²) in [6, 6.07) is 2.88. The van der Waals surface area contributed by atoms with Crippen LogP contribution in [-0.2, 0) is 4.79 Å². The molecule has 0 spiro atoms. The fourth-order valence-corrected chi connectivity index (χ4v) is 1.72. The topological polar surface area (TPSA) is 84.2 Å². The highest BCUT2D eigenvalue weighted by Gasteiger charge is 2.27. The van der Waals surface area contributed by atoms with Gasteiger partial charge in [-0.3, -0.25) is 9.59 Å². The second-order valence-electron chi connectivity index (χ2n) is 3.91. The van der Waals surface area contributed by atoms with Gasteiger partial charge in [0.1, 0.15) is 6.04 Å². The predicted molar refractivity (Wildman–Crippen MR) is 61.1 cm³/mol. The quantitative estimate of drug-likeness (QED) is 0.560. The van der Waals surface area contributed by atoms with Crippen molar-refractivity contribution in [1.29, 1.82) is 0 Å². The number of aryl methyl sites for hydroxylation is 1. The van der Waals surface area contributed by atoms with Crippen LogP contribution in [0.1, 0.15) is 22.8 Å². The largest absolute Gasteiger partial charge is 0.397 e. The molecule has 0 aromatic heterocycles. The van der Waals surface area contributed by atoms with Crippen molar-refractivity contribution in [2.75, 3.05) is 11.1 Å². The van der Waals surface area contributed by atoms with Crippen LogP contribution < -0.4 is 16.4 Å². The molecule has 1 aliphatic rings. The number of rotatable bonds is 0. The number of nitrogen functional groups attached to an aromatic ring is 1. The second kappa shape index (κ2) is 3.52. The van der Waals surface area contributed by atoms with Gasteiger partial charge in [-0.15, -0.1) is 0 Å². The standard InChI is InChI=1S/C11H13N3O2/c1-5-3-4-7(12)9-8(5)11(16)13-6(2)10(15)14-9/h3-4,6H,12H2,1-2H3,(H,13,16)(H,14,15). The van der Waals surface area contributed by atoms with Gasteiger partial charge in [0.05, 0.1) is 16.9 Å². The normalized spacial score (nSPS) is 19.5. The first kappa shape index (κ1) is 10.5. The van der Waals surface area contributed by atoms with Gasteiger partial charge in [-0.1, -0.05) is 6.07 Å². The number of fused-ring (bicyclic) bond motifs is 1. The molecule has 0 aliphatic carbocycles. The molecule has 0 bridgehead atoms. The molecule has 2 amide bonds. The van der Waals surface area contributed by atoms with Crippen molar-refractivity contribution < 1.29 is 9.59 Å². The van der Waals surface area contributed by atoms with Crippen LogP contribution in [0, 0.1) is 6.92 Å². The molecular formula is C11H13N3O2. The zero-order valence-electron chi connectivity index (χ0n) is 9.13. The summed E-state index contributed by atoms with van der Waals surface area (Å²) in [5.41, 5.74) is 7.80. The maximum Gasteiger partial charge on any atom is 0.254 e. The lowest BCUT2D eigenvalue weighted by Crippen LogP contribution is -2.38. The summed E-state index contributed by atoms with van der Waals surface area (Å²) in [6.07, 6.45) is 0. The molecule has 5 nitrogen and oxygen atoms in total. The average Bonchev–Trinajstić information content (AvgIpc) is 2.33. The highest BCUT2D eigenvalue weighted by atomic mass is 16.2. The molecule has 1 aliphatic heterocycles. The molecule has 84 valence electrons. The lowest BCUT2D eigenvalue weighted by molar-refractivity contribution is -0.117. The third-order valence-electron chi connectivity index (χ3n) is 2.66. The van der Waals surface area contributed by atoms with Gasteiger partial charge >= 0.3 is 0 Å². The Morgan fingerprint density at radius 3 is 2.69 bits per heavy atom. The number of hydrogen-bond donors (Lipinski definition) is 3. The van der Waals surface area contributed by atoms with Gasteiger partial charge in [0.25, 0.3) is 5.91 Å². The third-order valence-corrected chi connectivity index (χ3v) is 2.66. The van der Waals surface area contributed by atoms with E-state index in [0.717, 1.165) is 5.56 Å². The predicted octanol–water partition coefficient (Wildman–Crippen LogP) is 0.648. The van der Waals surface area contributed by atoms with Crippen LogP contribution in [-0.4, -0.2) is 17.9 Å². The van der Waals surface area contributed by atoms with E-state index < -0.39 is 6.04 Å². The van der Waals surface area contributed by atoms with Gasteiger partial charge < -0.3 is 16.4 Å². The lowest BCUT2D eigenvalue weighted by atomic mass is 10.0. The summed E-state index contributed by atoms with van der Waals surface area (Å²) >= 11 is 0. The number of carbonyl (C=O) groups excluding carboxylic acids is 2. The summed E-state index contributed by atoms with van der Waals surface area (Å²) < 4.78 is 0. The molecule has 16 heavy (non-hydrogen) atoms. The first-order valence-electron chi connectivity index (χ1n) is 5.01. The van der Waals surface area contributed by atoms with Crippen molar-refractivity contribution in [1.82, 2.24) is 5.32 Å². The first-order valence-corrected chi connectivity index (χ1v) is 5.01. The molecule has 1 aromatic rings. The van der Waals surface area contributed by atoms with Crippen molar-refractivity contribution >= 4 is 23.2 Å². The van der Waals surface area contributed by atoms with Crippen LogP contribution in [0.25, 0.3) is 0 Å². The Balaban J connectivity index is 2.64. The van der Waals surface area contributed by atoms with Crippen LogP contribution >= 0.6 is 0 Å². The SMILES string of the molecule is Cc1ccc(N)c2c1C(=O)NC(C)C(=O)N2. The van der Waals surface area contributed by atoms with Crippen LogP contribution in [0.2, 0.25) is 0 Å². The van der Waals surface area contributed by atoms with Gasteiger partial charge in [0.15, 0.2) is 0 Å². The second-order valence-corrected chi connectivity index (χ2v) is 3.91. The van der Waals surface area contributed by atoms with E-state index in [2.05, 4.69) is 10.6 Å². The minimum atomic E-state index is -0.557. The third kappa shape index (κ3) is 1.50. The minimum Gasteiger partial charge on any atom is -0.397 e. The fourth-order valence-electron chi connectivity index (χ4n) is 1.72. The molecule has 0 fully saturated rings. The number of amides is 2. The molecule has 0 saturated heterocycles. The zero-order chi connectivity index (χ0) is 11.9. The number of anilines is 2. The van der Waals surface area contributed by atoms with Crippen molar-refractivity contribution in [3.63, 3.8) is 0 Å². The Morgan fingerprint density at radius 2 is 2.00 bits per heavy atom. The van der Waals surface area contributed by atoms with Crippen molar-refractivity contribution in [2.24, 2.45) is 0 Å². The first-order chi connectivity index (χ1) is 7.50. The number of carbonyl (C=O) groups is 2. The zero-order valence-corrected chi connectivity index (χ0v) is 9.13. The van der Waals surface area contributed by atoms with Crippen LogP contribution in [0.3, 0.4) is 0 Å². The van der Waals surface area contributed by atoms with Crippen LogP contribution in [0.15, 0.2) is 12.1 Å². The van der Waals surface area contributed by atoms with Gasteiger partial charge in [-0.05, 0) is 25.5 Å². The molecule has 1 aromatic carbocycles. The number of nitrogens with two attached hydrogens (primary N) is 1. The van der Waals surface area contributed by atoms with Gasteiger partial charge in [-0.25, -0.2) is 0 Å². The highest BCUT2D eigenvalue weighted by molar-refractivity contribution is 6.12. The Labute approximate surface area is 93.0 Å². The van der Waals surface area contributed by atoms with E-state index in [4.69, 9.17) is 5.73 Å². The smallest absolute Gasteiger partial charge is 0.254 e. The summed E-state index contributed by atoms with van der Waals surface area (Å²) in [5, 5.41) is 5.27. The van der Waals surface area contributed by atoms with Crippen LogP contribution in [0.5, 0.6) is 0 Å². The van der Waals surface area contributed by atoms with E-state index in [0.29, 0.717) is 16.9 Å². The van der Waals surface area contributed by atoms with E-state index in [1.54, 1.807) is 26.0 Å². The van der Waals surface area contributed by atoms with E-state index in [9.17, 15) is 9.59 Å². The summed E-state index contributed by atoms with van der Waals surface area (Å²) in [5.74, 6) is -0.532. The molecule has 0 radical (unpaired) electrons. The van der Waals surface area contributed by atoms with Crippen LogP contribution in [0.4, 0.5) is 11.4 Å². The molecule has 1 heterocycles. The number of nitrogens with one attached hydrogen (secondary N) is 2. The average molecular weight is 219 g/mol. The monoisotopic (exact) mass is 219 g/mol. The van der Waals surface area contributed by atoms with E-state index in [1.165, 1.54) is 0 Å². The maximum absolute atomic E-state index is 11.9. The van der Waals surface area contributed by atoms with E-state index in [1.807, 2.05) is 0 Å². The summed E-state index contributed by atoms with van der Waals surface area (Å²) in [4.78, 5) is 23.5. The van der Waals surface area contributed by atoms with E-state index >= 15 is 0 Å². The molecule has 4 N–H and O–H groups in total. The fraction of sp³-hybridized carbons (Fsp3) is 0.273. The molecule has 5 heteroatoms. The Hall–Kier alpha value is -2.04. The van der Waals surface area contributed by atoms with Crippen molar-refractivity contribution in [3.05, 3.63) is 23.3 Å². The summed E-state index contributed by atoms with van der Waals surface area (Å²) in [7, 11) is 0. The molecule has 1 unspecified atom stereocenters.